The van der Waals surface area contributed by atoms with Gasteiger partial charge in [0.1, 0.15) is 5.82 Å². The Kier molecular flexibility index (Phi) is 5.37. The summed E-state index contributed by atoms with van der Waals surface area (Å²) in [6.07, 6.45) is 0.788. The molecule has 112 valence electrons. The summed E-state index contributed by atoms with van der Waals surface area (Å²) in [5.41, 5.74) is 9.00. The van der Waals surface area contributed by atoms with Crippen LogP contribution in [-0.4, -0.2) is 11.0 Å². The number of hydrogen-bond donors (Lipinski definition) is 1. The molecular weight excluding hydrogens is 283 g/mol. The summed E-state index contributed by atoms with van der Waals surface area (Å²) in [6, 6.07) is 10.8. The lowest BCUT2D eigenvalue weighted by atomic mass is 10.0. The molecule has 0 radical (unpaired) electrons. The van der Waals surface area contributed by atoms with Gasteiger partial charge in [0.2, 0.25) is 0 Å². The minimum atomic E-state index is -0.205. The molecule has 1 aromatic carbocycles. The van der Waals surface area contributed by atoms with Crippen LogP contribution in [0.2, 0.25) is 0 Å². The van der Waals surface area contributed by atoms with Crippen LogP contribution in [-0.2, 0) is 0 Å². The summed E-state index contributed by atoms with van der Waals surface area (Å²) in [4.78, 5) is 4.53. The van der Waals surface area contributed by atoms with E-state index in [4.69, 9.17) is 5.73 Å². The van der Waals surface area contributed by atoms with Gasteiger partial charge in [0.15, 0.2) is 0 Å². The zero-order valence-electron chi connectivity index (χ0n) is 12.6. The van der Waals surface area contributed by atoms with Crippen LogP contribution in [0.3, 0.4) is 0 Å². The number of aryl methyl sites for hydroxylation is 2. The van der Waals surface area contributed by atoms with E-state index < -0.39 is 0 Å². The molecule has 2 atom stereocenters. The molecule has 2 rings (SSSR count). The van der Waals surface area contributed by atoms with E-state index in [1.165, 1.54) is 6.07 Å². The Morgan fingerprint density at radius 1 is 1.24 bits per heavy atom. The Bertz CT molecular complexity index is 595. The molecule has 0 fully saturated rings. The zero-order chi connectivity index (χ0) is 15.4. The van der Waals surface area contributed by atoms with Gasteiger partial charge in [0.25, 0.3) is 0 Å². The summed E-state index contributed by atoms with van der Waals surface area (Å²) < 4.78 is 14.1. The van der Waals surface area contributed by atoms with Crippen molar-refractivity contribution in [2.75, 3.05) is 0 Å². The second kappa shape index (κ2) is 7.05. The molecule has 2 aromatic rings. The largest absolute Gasteiger partial charge is 0.326 e. The Morgan fingerprint density at radius 2 is 1.95 bits per heavy atom. The number of hydrogen-bond acceptors (Lipinski definition) is 3. The first kappa shape index (κ1) is 16.0. The van der Waals surface area contributed by atoms with E-state index in [-0.39, 0.29) is 17.1 Å². The molecule has 0 amide bonds. The predicted molar refractivity (Wildman–Crippen MR) is 87.0 cm³/mol. The summed E-state index contributed by atoms with van der Waals surface area (Å²) in [7, 11) is 0. The quantitative estimate of drug-likeness (QED) is 0.832. The zero-order valence-corrected chi connectivity index (χ0v) is 13.5. The highest BCUT2D eigenvalue weighted by Crippen LogP contribution is 2.38. The van der Waals surface area contributed by atoms with Crippen LogP contribution in [0.25, 0.3) is 0 Å². The van der Waals surface area contributed by atoms with Crippen LogP contribution in [0.15, 0.2) is 41.4 Å². The Labute approximate surface area is 130 Å². The number of nitrogens with two attached hydrogens (primary N) is 1. The van der Waals surface area contributed by atoms with Gasteiger partial charge < -0.3 is 5.73 Å². The van der Waals surface area contributed by atoms with Gasteiger partial charge in [-0.25, -0.2) is 9.37 Å². The van der Waals surface area contributed by atoms with Crippen molar-refractivity contribution >= 4 is 11.8 Å². The predicted octanol–water partition coefficient (Wildman–Crippen LogP) is 4.41. The Hall–Kier alpha value is -1.39. The fourth-order valence-corrected chi connectivity index (χ4v) is 3.69. The average Bonchev–Trinajstić information content (AvgIpc) is 2.44. The molecule has 21 heavy (non-hydrogen) atoms. The van der Waals surface area contributed by atoms with Crippen molar-refractivity contribution < 1.29 is 4.39 Å². The van der Waals surface area contributed by atoms with Crippen molar-refractivity contribution in [1.82, 2.24) is 4.98 Å². The van der Waals surface area contributed by atoms with E-state index >= 15 is 0 Å². The highest BCUT2D eigenvalue weighted by molar-refractivity contribution is 7.99. The standard InChI is InChI=1S/C17H21FN2S/c1-4-15(19)17(13-7-5-6-8-14(13)18)21-16-10-11(2)9-12(3)20-16/h5-10,15,17H,4,19H2,1-3H3. The van der Waals surface area contributed by atoms with Crippen LogP contribution in [0.1, 0.15) is 35.4 Å². The molecule has 0 aliphatic carbocycles. The van der Waals surface area contributed by atoms with Gasteiger partial charge in [-0.05, 0) is 44.0 Å². The third-order valence-electron chi connectivity index (χ3n) is 3.39. The highest BCUT2D eigenvalue weighted by Gasteiger charge is 2.23. The fraction of sp³-hybridized carbons (Fsp3) is 0.353. The van der Waals surface area contributed by atoms with Gasteiger partial charge in [-0.15, -0.1) is 0 Å². The second-order valence-corrected chi connectivity index (χ2v) is 6.42. The van der Waals surface area contributed by atoms with Crippen molar-refractivity contribution in [3.8, 4) is 0 Å². The summed E-state index contributed by atoms with van der Waals surface area (Å²) in [5, 5.41) is 0.759. The van der Waals surface area contributed by atoms with Crippen LogP contribution in [0.4, 0.5) is 4.39 Å². The normalized spacial score (nSPS) is 14.0. The van der Waals surface area contributed by atoms with Gasteiger partial charge in [-0.1, -0.05) is 36.9 Å². The molecule has 1 aromatic heterocycles. The number of pyridine rings is 1. The molecule has 0 saturated heterocycles. The second-order valence-electron chi connectivity index (χ2n) is 5.26. The average molecular weight is 304 g/mol. The monoisotopic (exact) mass is 304 g/mol. The number of nitrogens with zero attached hydrogens (tertiary/aromatic N) is 1. The molecule has 0 spiro atoms. The van der Waals surface area contributed by atoms with Crippen molar-refractivity contribution in [2.24, 2.45) is 5.73 Å². The van der Waals surface area contributed by atoms with Gasteiger partial charge in [-0.2, -0.15) is 0 Å². The molecule has 2 nitrogen and oxygen atoms in total. The first-order valence-electron chi connectivity index (χ1n) is 7.13. The van der Waals surface area contributed by atoms with Gasteiger partial charge >= 0.3 is 0 Å². The molecule has 2 N–H and O–H groups in total. The van der Waals surface area contributed by atoms with Crippen molar-refractivity contribution in [3.05, 3.63) is 59.0 Å². The maximum Gasteiger partial charge on any atom is 0.127 e. The molecule has 4 heteroatoms. The van der Waals surface area contributed by atoms with Gasteiger partial charge in [-0.3, -0.25) is 0 Å². The van der Waals surface area contributed by atoms with E-state index in [2.05, 4.69) is 4.98 Å². The minimum absolute atomic E-state index is 0.116. The van der Waals surface area contributed by atoms with E-state index in [0.29, 0.717) is 5.56 Å². The highest BCUT2D eigenvalue weighted by atomic mass is 32.2. The van der Waals surface area contributed by atoms with Crippen LogP contribution in [0, 0.1) is 19.7 Å². The number of aromatic nitrogens is 1. The first-order valence-corrected chi connectivity index (χ1v) is 8.01. The minimum Gasteiger partial charge on any atom is -0.326 e. The molecule has 0 aliphatic heterocycles. The third kappa shape index (κ3) is 4.05. The lowest BCUT2D eigenvalue weighted by molar-refractivity contribution is 0.572. The van der Waals surface area contributed by atoms with Crippen LogP contribution in [0.5, 0.6) is 0 Å². The lowest BCUT2D eigenvalue weighted by Crippen LogP contribution is -2.26. The lowest BCUT2D eigenvalue weighted by Gasteiger charge is -2.23. The molecule has 0 aliphatic rings. The third-order valence-corrected chi connectivity index (χ3v) is 4.70. The molecular formula is C17H21FN2S. The van der Waals surface area contributed by atoms with Gasteiger partial charge in [0.05, 0.1) is 10.3 Å². The van der Waals surface area contributed by atoms with Crippen LogP contribution < -0.4 is 5.73 Å². The first-order chi connectivity index (χ1) is 10.0. The molecule has 0 bridgehead atoms. The smallest absolute Gasteiger partial charge is 0.127 e. The number of halogens is 1. The van der Waals surface area contributed by atoms with Gasteiger partial charge in [0, 0.05) is 17.3 Å². The molecule has 2 unspecified atom stereocenters. The maximum absolute atomic E-state index is 14.1. The topological polar surface area (TPSA) is 38.9 Å². The molecule has 0 saturated carbocycles. The SMILES string of the molecule is CCC(N)C(Sc1cc(C)cc(C)n1)c1ccccc1F. The fourth-order valence-electron chi connectivity index (χ4n) is 2.30. The molecule has 1 heterocycles. The maximum atomic E-state index is 14.1. The number of rotatable bonds is 5. The summed E-state index contributed by atoms with van der Waals surface area (Å²) in [6.45, 7) is 6.03. The van der Waals surface area contributed by atoms with E-state index in [0.717, 1.165) is 22.7 Å². The van der Waals surface area contributed by atoms with E-state index in [9.17, 15) is 4.39 Å². The summed E-state index contributed by atoms with van der Waals surface area (Å²) in [5.74, 6) is -0.205. The van der Waals surface area contributed by atoms with Crippen molar-refractivity contribution in [1.29, 1.82) is 0 Å². The van der Waals surface area contributed by atoms with Crippen molar-refractivity contribution in [2.45, 2.75) is 43.5 Å². The number of benzene rings is 1. The van der Waals surface area contributed by atoms with E-state index in [1.807, 2.05) is 45.0 Å². The summed E-state index contributed by atoms with van der Waals surface area (Å²) >= 11 is 1.54. The Balaban J connectivity index is 2.35. The van der Waals surface area contributed by atoms with Crippen molar-refractivity contribution in [3.63, 3.8) is 0 Å². The van der Waals surface area contributed by atoms with E-state index in [1.54, 1.807) is 17.8 Å². The van der Waals surface area contributed by atoms with Crippen LogP contribution >= 0.6 is 11.8 Å². The number of thioether (sulfide) groups is 1. The Morgan fingerprint density at radius 3 is 2.57 bits per heavy atom.